The van der Waals surface area contributed by atoms with Gasteiger partial charge in [0.1, 0.15) is 0 Å². The predicted molar refractivity (Wildman–Crippen MR) is 131 cm³/mol. The number of ether oxygens (including phenoxy) is 1. The van der Waals surface area contributed by atoms with E-state index < -0.39 is 5.69 Å². The molecule has 0 spiro atoms. The predicted octanol–water partition coefficient (Wildman–Crippen LogP) is 5.72. The first-order chi connectivity index (χ1) is 14.9. The first-order valence-corrected chi connectivity index (χ1v) is 16.7. The molecular weight excluding hydrogens is 445 g/mol. The molecule has 0 aromatic heterocycles. The Balaban J connectivity index is 0.000000269. The summed E-state index contributed by atoms with van der Waals surface area (Å²) in [6.07, 6.45) is 16.0. The van der Waals surface area contributed by atoms with Crippen LogP contribution in [0.1, 0.15) is 77.0 Å². The average molecular weight is 486 g/mol. The van der Waals surface area contributed by atoms with Crippen molar-refractivity contribution in [1.29, 1.82) is 0 Å². The molecule has 1 N–H and O–H groups in total. The SMILES string of the molecule is C1COCCN1.S=P(S)(OC12CC3CC(CC(C3)C1)C2)OC12CC3CC(CC(C3)C1)C2. The maximum Gasteiger partial charge on any atom is 0.245 e. The van der Waals surface area contributed by atoms with Crippen molar-refractivity contribution < 1.29 is 13.8 Å². The highest BCUT2D eigenvalue weighted by atomic mass is 32.9. The molecule has 9 rings (SSSR count). The van der Waals surface area contributed by atoms with Crippen LogP contribution in [0.3, 0.4) is 0 Å². The van der Waals surface area contributed by atoms with Crippen LogP contribution in [0.4, 0.5) is 0 Å². The zero-order valence-corrected chi connectivity index (χ0v) is 21.4. The largest absolute Gasteiger partial charge is 0.379 e. The Kier molecular flexibility index (Phi) is 6.12. The van der Waals surface area contributed by atoms with Gasteiger partial charge in [0.05, 0.1) is 24.4 Å². The van der Waals surface area contributed by atoms with Gasteiger partial charge in [-0.05, 0) is 124 Å². The summed E-state index contributed by atoms with van der Waals surface area (Å²) in [7, 11) is 0. The molecule has 1 saturated heterocycles. The van der Waals surface area contributed by atoms with Gasteiger partial charge in [-0.25, -0.2) is 0 Å². The van der Waals surface area contributed by atoms with Crippen molar-refractivity contribution in [3.8, 4) is 0 Å². The summed E-state index contributed by atoms with van der Waals surface area (Å²) in [6, 6.07) is 0. The molecule has 7 heteroatoms. The molecule has 4 nitrogen and oxygen atoms in total. The Morgan fingerprint density at radius 1 is 0.677 bits per heavy atom. The Morgan fingerprint density at radius 2 is 1.00 bits per heavy atom. The van der Waals surface area contributed by atoms with Crippen molar-refractivity contribution in [2.45, 2.75) is 88.3 Å². The molecule has 0 radical (unpaired) electrons. The number of thiol groups is 1. The van der Waals surface area contributed by atoms with Gasteiger partial charge in [0.2, 0.25) is 5.69 Å². The number of nitrogens with one attached hydrogen (secondary N) is 1. The fraction of sp³-hybridized carbons (Fsp3) is 1.00. The molecule has 176 valence electrons. The first-order valence-electron chi connectivity index (χ1n) is 12.9. The Labute approximate surface area is 198 Å². The van der Waals surface area contributed by atoms with Crippen molar-refractivity contribution >= 4 is 29.7 Å². The summed E-state index contributed by atoms with van der Waals surface area (Å²) in [4.78, 5) is 0. The van der Waals surface area contributed by atoms with E-state index in [0.29, 0.717) is 0 Å². The van der Waals surface area contributed by atoms with Gasteiger partial charge in [-0.15, -0.1) is 0 Å². The monoisotopic (exact) mass is 485 g/mol. The normalized spacial score (nSPS) is 51.3. The number of rotatable bonds is 4. The molecule has 0 atom stereocenters. The molecule has 1 aliphatic heterocycles. The fourth-order valence-corrected chi connectivity index (χ4v) is 12.8. The highest BCUT2D eigenvalue weighted by molar-refractivity contribution is 8.60. The Bertz CT molecular complexity index is 596. The van der Waals surface area contributed by atoms with Crippen LogP contribution in [0, 0.1) is 35.5 Å². The lowest BCUT2D eigenvalue weighted by molar-refractivity contribution is -0.131. The third-order valence-electron chi connectivity index (χ3n) is 9.43. The zero-order chi connectivity index (χ0) is 21.1. The van der Waals surface area contributed by atoms with Crippen molar-refractivity contribution in [2.75, 3.05) is 26.3 Å². The van der Waals surface area contributed by atoms with E-state index in [-0.39, 0.29) is 11.2 Å². The van der Waals surface area contributed by atoms with E-state index >= 15 is 0 Å². The van der Waals surface area contributed by atoms with Gasteiger partial charge in [0.15, 0.2) is 0 Å². The Hall–Kier alpha value is 0.840. The smallest absolute Gasteiger partial charge is 0.245 e. The molecule has 9 fully saturated rings. The minimum atomic E-state index is -2.46. The van der Waals surface area contributed by atoms with Crippen LogP contribution in [0.5, 0.6) is 0 Å². The average Bonchev–Trinajstić information content (AvgIpc) is 2.65. The molecule has 8 saturated carbocycles. The van der Waals surface area contributed by atoms with Crippen LogP contribution in [-0.2, 0) is 25.6 Å². The van der Waals surface area contributed by atoms with Crippen molar-refractivity contribution in [2.24, 2.45) is 35.5 Å². The highest BCUT2D eigenvalue weighted by Gasteiger charge is 2.56. The standard InChI is InChI=1S/C20H31O2PS2.C4H9NO/c24-23(25,21-19-7-13-1-14(8-19)3-15(2-13)9-19)22-20-10-16-4-17(11-20)6-18(5-16)12-20;1-3-6-4-2-5-1/h13-18H,1-12H2,(H,24,25);5H,1-4H2. The van der Waals surface area contributed by atoms with Crippen molar-refractivity contribution in [3.63, 3.8) is 0 Å². The highest BCUT2D eigenvalue weighted by Crippen LogP contribution is 2.69. The maximum absolute atomic E-state index is 6.75. The van der Waals surface area contributed by atoms with Crippen LogP contribution >= 0.6 is 17.9 Å². The van der Waals surface area contributed by atoms with Crippen LogP contribution < -0.4 is 5.32 Å². The second-order valence-corrected chi connectivity index (χ2v) is 17.4. The van der Waals surface area contributed by atoms with Gasteiger partial charge in [-0.2, -0.15) is 0 Å². The minimum Gasteiger partial charge on any atom is -0.379 e. The lowest BCUT2D eigenvalue weighted by Crippen LogP contribution is -2.53. The van der Waals surface area contributed by atoms with Gasteiger partial charge < -0.3 is 19.1 Å². The molecule has 0 unspecified atom stereocenters. The van der Waals surface area contributed by atoms with Gasteiger partial charge >= 0.3 is 0 Å². The van der Waals surface area contributed by atoms with E-state index in [1.807, 2.05) is 0 Å². The molecular formula is C24H40NO3PS2. The first kappa shape index (κ1) is 22.3. The van der Waals surface area contributed by atoms with Gasteiger partial charge in [0, 0.05) is 13.1 Å². The van der Waals surface area contributed by atoms with E-state index in [9.17, 15) is 0 Å². The van der Waals surface area contributed by atoms with Crippen LogP contribution in [0.15, 0.2) is 0 Å². The lowest BCUT2D eigenvalue weighted by Gasteiger charge is -2.59. The molecule has 8 bridgehead atoms. The molecule has 8 aliphatic carbocycles. The molecule has 0 aromatic carbocycles. The summed E-state index contributed by atoms with van der Waals surface area (Å²) >= 11 is 10.8. The summed E-state index contributed by atoms with van der Waals surface area (Å²) < 4.78 is 18.5. The molecule has 0 amide bonds. The number of hydrogen-bond donors (Lipinski definition) is 2. The fourth-order valence-electron chi connectivity index (χ4n) is 9.31. The molecule has 9 aliphatic rings. The third-order valence-corrected chi connectivity index (χ3v) is 11.6. The quantitative estimate of drug-likeness (QED) is 0.394. The van der Waals surface area contributed by atoms with E-state index in [2.05, 4.69) is 5.32 Å². The summed E-state index contributed by atoms with van der Waals surface area (Å²) in [5, 5.41) is 3.16. The van der Waals surface area contributed by atoms with Crippen LogP contribution in [0.25, 0.3) is 0 Å². The van der Waals surface area contributed by atoms with E-state index in [4.69, 9.17) is 37.8 Å². The molecule has 31 heavy (non-hydrogen) atoms. The van der Waals surface area contributed by atoms with E-state index in [0.717, 1.165) is 61.8 Å². The van der Waals surface area contributed by atoms with Crippen LogP contribution in [-0.4, -0.2) is 37.5 Å². The lowest BCUT2D eigenvalue weighted by atomic mass is 9.54. The van der Waals surface area contributed by atoms with E-state index in [1.54, 1.807) is 0 Å². The molecule has 1 heterocycles. The maximum atomic E-state index is 6.75. The third kappa shape index (κ3) is 4.83. The van der Waals surface area contributed by atoms with Gasteiger partial charge in [-0.3, -0.25) is 0 Å². The zero-order valence-electron chi connectivity index (χ0n) is 18.8. The minimum absolute atomic E-state index is 0.0221. The van der Waals surface area contributed by atoms with E-state index in [1.165, 1.54) is 77.0 Å². The topological polar surface area (TPSA) is 39.7 Å². The van der Waals surface area contributed by atoms with Crippen molar-refractivity contribution in [3.05, 3.63) is 0 Å². The van der Waals surface area contributed by atoms with Crippen molar-refractivity contribution in [1.82, 2.24) is 5.32 Å². The Morgan fingerprint density at radius 3 is 1.23 bits per heavy atom. The number of morpholine rings is 1. The van der Waals surface area contributed by atoms with Gasteiger partial charge in [0.25, 0.3) is 0 Å². The molecule has 0 aromatic rings. The summed E-state index contributed by atoms with van der Waals surface area (Å²) in [6.45, 7) is 3.83. The number of hydrogen-bond acceptors (Lipinski definition) is 5. The van der Waals surface area contributed by atoms with Crippen LogP contribution in [0.2, 0.25) is 0 Å². The van der Waals surface area contributed by atoms with Gasteiger partial charge in [-0.1, -0.05) is 12.2 Å². The second kappa shape index (κ2) is 8.50. The summed E-state index contributed by atoms with van der Waals surface area (Å²) in [5.41, 5.74) is -2.42. The summed E-state index contributed by atoms with van der Waals surface area (Å²) in [5.74, 6) is 5.30. The second-order valence-electron chi connectivity index (χ2n) is 12.2.